The Morgan fingerprint density at radius 1 is 1.19 bits per heavy atom. The number of hydrogen-bond donors (Lipinski definition) is 1. The quantitative estimate of drug-likeness (QED) is 0.675. The van der Waals surface area contributed by atoms with Gasteiger partial charge in [0.2, 0.25) is 0 Å². The Balaban J connectivity index is 1.85. The van der Waals surface area contributed by atoms with E-state index >= 15 is 0 Å². The van der Waals surface area contributed by atoms with E-state index in [0.717, 1.165) is 42.8 Å². The largest absolute Gasteiger partial charge is 0.370 e. The Morgan fingerprint density at radius 3 is 2.52 bits per heavy atom. The highest BCUT2D eigenvalue weighted by molar-refractivity contribution is 7.98. The standard InChI is InChI=1S/C16H20N4S/c1-3-8-17-14-9-15(19-16(18-14)21-2)20-10-12-6-4-5-7-13(12)11-20/h4-7,9H,3,8,10-11H2,1-2H3,(H,17,18,19). The number of aromatic nitrogens is 2. The van der Waals surface area contributed by atoms with Crippen LogP contribution < -0.4 is 10.2 Å². The molecule has 3 rings (SSSR count). The van der Waals surface area contributed by atoms with Gasteiger partial charge in [-0.25, -0.2) is 9.97 Å². The molecule has 0 amide bonds. The van der Waals surface area contributed by atoms with E-state index in [2.05, 4.69) is 57.4 Å². The molecule has 2 aromatic rings. The van der Waals surface area contributed by atoms with Crippen molar-refractivity contribution in [1.82, 2.24) is 9.97 Å². The average molecular weight is 300 g/mol. The van der Waals surface area contributed by atoms with E-state index in [1.165, 1.54) is 11.1 Å². The van der Waals surface area contributed by atoms with Gasteiger partial charge in [0.05, 0.1) is 0 Å². The first kappa shape index (κ1) is 14.2. The van der Waals surface area contributed by atoms with Crippen molar-refractivity contribution in [2.75, 3.05) is 23.0 Å². The van der Waals surface area contributed by atoms with Crippen LogP contribution in [0.2, 0.25) is 0 Å². The van der Waals surface area contributed by atoms with Crippen molar-refractivity contribution in [1.29, 1.82) is 0 Å². The zero-order valence-corrected chi connectivity index (χ0v) is 13.3. The second-order valence-corrected chi connectivity index (χ2v) is 5.92. The van der Waals surface area contributed by atoms with Gasteiger partial charge >= 0.3 is 0 Å². The summed E-state index contributed by atoms with van der Waals surface area (Å²) in [5.41, 5.74) is 2.79. The van der Waals surface area contributed by atoms with Gasteiger partial charge in [0, 0.05) is 25.7 Å². The van der Waals surface area contributed by atoms with E-state index in [-0.39, 0.29) is 0 Å². The molecule has 0 saturated carbocycles. The molecule has 1 aromatic carbocycles. The van der Waals surface area contributed by atoms with Gasteiger partial charge < -0.3 is 10.2 Å². The number of rotatable bonds is 5. The molecule has 0 radical (unpaired) electrons. The number of benzene rings is 1. The first-order valence-corrected chi connectivity index (χ1v) is 8.51. The number of hydrogen-bond acceptors (Lipinski definition) is 5. The molecular formula is C16H20N4S. The zero-order valence-electron chi connectivity index (χ0n) is 12.5. The fraction of sp³-hybridized carbons (Fsp3) is 0.375. The molecular weight excluding hydrogens is 280 g/mol. The Hall–Kier alpha value is -1.75. The van der Waals surface area contributed by atoms with Gasteiger partial charge in [-0.15, -0.1) is 0 Å². The summed E-state index contributed by atoms with van der Waals surface area (Å²) in [6, 6.07) is 10.7. The van der Waals surface area contributed by atoms with Crippen LogP contribution in [-0.4, -0.2) is 22.8 Å². The number of nitrogens with one attached hydrogen (secondary N) is 1. The third-order valence-electron chi connectivity index (χ3n) is 3.60. The molecule has 0 bridgehead atoms. The smallest absolute Gasteiger partial charge is 0.191 e. The number of fused-ring (bicyclic) bond motifs is 1. The van der Waals surface area contributed by atoms with Gasteiger partial charge in [-0.05, 0) is 23.8 Å². The summed E-state index contributed by atoms with van der Waals surface area (Å²) in [7, 11) is 0. The molecule has 5 heteroatoms. The van der Waals surface area contributed by atoms with Crippen LogP contribution >= 0.6 is 11.8 Å². The fourth-order valence-corrected chi connectivity index (χ4v) is 2.88. The lowest BCUT2D eigenvalue weighted by molar-refractivity contribution is 0.823. The maximum Gasteiger partial charge on any atom is 0.191 e. The molecule has 1 N–H and O–H groups in total. The summed E-state index contributed by atoms with van der Waals surface area (Å²) in [6.07, 6.45) is 3.10. The van der Waals surface area contributed by atoms with Crippen molar-refractivity contribution in [2.24, 2.45) is 0 Å². The van der Waals surface area contributed by atoms with Gasteiger partial charge in [-0.2, -0.15) is 0 Å². The molecule has 0 fully saturated rings. The van der Waals surface area contributed by atoms with Gasteiger partial charge in [-0.3, -0.25) is 0 Å². The zero-order chi connectivity index (χ0) is 14.7. The molecule has 21 heavy (non-hydrogen) atoms. The molecule has 0 aliphatic carbocycles. The first-order valence-electron chi connectivity index (χ1n) is 7.29. The van der Waals surface area contributed by atoms with Gasteiger partial charge in [0.1, 0.15) is 11.6 Å². The van der Waals surface area contributed by atoms with Crippen molar-refractivity contribution in [3.63, 3.8) is 0 Å². The highest BCUT2D eigenvalue weighted by Crippen LogP contribution is 2.29. The van der Waals surface area contributed by atoms with Crippen molar-refractivity contribution >= 4 is 23.4 Å². The Kier molecular flexibility index (Phi) is 4.29. The van der Waals surface area contributed by atoms with E-state index in [9.17, 15) is 0 Å². The van der Waals surface area contributed by atoms with E-state index < -0.39 is 0 Å². The highest BCUT2D eigenvalue weighted by Gasteiger charge is 2.20. The minimum Gasteiger partial charge on any atom is -0.370 e. The predicted octanol–water partition coefficient (Wildman–Crippen LogP) is 3.54. The lowest BCUT2D eigenvalue weighted by Gasteiger charge is -2.18. The molecule has 2 heterocycles. The predicted molar refractivity (Wildman–Crippen MR) is 88.9 cm³/mol. The van der Waals surface area contributed by atoms with Crippen LogP contribution in [-0.2, 0) is 13.1 Å². The van der Waals surface area contributed by atoms with Gasteiger partial charge in [0.25, 0.3) is 0 Å². The molecule has 1 aromatic heterocycles. The first-order chi connectivity index (χ1) is 10.3. The van der Waals surface area contributed by atoms with Crippen LogP contribution in [0.3, 0.4) is 0 Å². The maximum atomic E-state index is 4.66. The number of thioether (sulfide) groups is 1. The fourth-order valence-electron chi connectivity index (χ4n) is 2.50. The lowest BCUT2D eigenvalue weighted by Crippen LogP contribution is -2.17. The Labute approximate surface area is 130 Å². The topological polar surface area (TPSA) is 41.0 Å². The van der Waals surface area contributed by atoms with Gasteiger partial charge in [-0.1, -0.05) is 43.0 Å². The molecule has 1 aliphatic heterocycles. The normalized spacial score (nSPS) is 13.3. The van der Waals surface area contributed by atoms with Crippen LogP contribution in [0.1, 0.15) is 24.5 Å². The highest BCUT2D eigenvalue weighted by atomic mass is 32.2. The minimum atomic E-state index is 0.821. The molecule has 0 unspecified atom stereocenters. The van der Waals surface area contributed by atoms with Crippen LogP contribution in [0.4, 0.5) is 11.6 Å². The van der Waals surface area contributed by atoms with Crippen molar-refractivity contribution in [2.45, 2.75) is 31.6 Å². The number of nitrogens with zero attached hydrogens (tertiary/aromatic N) is 3. The van der Waals surface area contributed by atoms with E-state index in [1.54, 1.807) is 11.8 Å². The summed E-state index contributed by atoms with van der Waals surface area (Å²) in [5.74, 6) is 1.92. The third-order valence-corrected chi connectivity index (χ3v) is 4.14. The molecule has 0 atom stereocenters. The second-order valence-electron chi connectivity index (χ2n) is 5.15. The van der Waals surface area contributed by atoms with E-state index in [1.807, 2.05) is 6.26 Å². The van der Waals surface area contributed by atoms with Gasteiger partial charge in [0.15, 0.2) is 5.16 Å². The lowest BCUT2D eigenvalue weighted by atomic mass is 10.1. The summed E-state index contributed by atoms with van der Waals surface area (Å²) < 4.78 is 0. The second kappa shape index (κ2) is 6.35. The van der Waals surface area contributed by atoms with Crippen molar-refractivity contribution in [3.8, 4) is 0 Å². The van der Waals surface area contributed by atoms with Crippen LogP contribution in [0, 0.1) is 0 Å². The Morgan fingerprint density at radius 2 is 1.90 bits per heavy atom. The molecule has 1 aliphatic rings. The molecule has 0 saturated heterocycles. The summed E-state index contributed by atoms with van der Waals surface area (Å²) in [5, 5.41) is 4.18. The van der Waals surface area contributed by atoms with Crippen LogP contribution in [0.25, 0.3) is 0 Å². The summed E-state index contributed by atoms with van der Waals surface area (Å²) >= 11 is 1.58. The monoisotopic (exact) mass is 300 g/mol. The summed E-state index contributed by atoms with van der Waals surface area (Å²) in [4.78, 5) is 11.5. The van der Waals surface area contributed by atoms with E-state index in [0.29, 0.717) is 0 Å². The van der Waals surface area contributed by atoms with Crippen molar-refractivity contribution in [3.05, 3.63) is 41.5 Å². The molecule has 110 valence electrons. The van der Waals surface area contributed by atoms with E-state index in [4.69, 9.17) is 0 Å². The third kappa shape index (κ3) is 3.13. The van der Waals surface area contributed by atoms with Crippen molar-refractivity contribution < 1.29 is 0 Å². The van der Waals surface area contributed by atoms with Crippen LogP contribution in [0.5, 0.6) is 0 Å². The summed E-state index contributed by atoms with van der Waals surface area (Å²) in [6.45, 7) is 4.94. The Bertz CT molecular complexity index is 604. The average Bonchev–Trinajstić information content (AvgIpc) is 2.96. The maximum absolute atomic E-state index is 4.66. The van der Waals surface area contributed by atoms with Crippen LogP contribution in [0.15, 0.2) is 35.5 Å². The number of anilines is 2. The minimum absolute atomic E-state index is 0.821. The molecule has 0 spiro atoms. The SMILES string of the molecule is CCCNc1cc(N2Cc3ccccc3C2)nc(SC)n1. The molecule has 4 nitrogen and oxygen atoms in total.